The molecule has 0 radical (unpaired) electrons. The third-order valence-corrected chi connectivity index (χ3v) is 2.16. The van der Waals surface area contributed by atoms with Crippen LogP contribution < -0.4 is 0 Å². The lowest BCUT2D eigenvalue weighted by atomic mass is 10.3. The molecule has 62 valence electrons. The first-order valence-corrected chi connectivity index (χ1v) is 3.96. The van der Waals surface area contributed by atoms with Gasteiger partial charge in [0.1, 0.15) is 0 Å². The van der Waals surface area contributed by atoms with Crippen LogP contribution in [-0.2, 0) is 0 Å². The van der Waals surface area contributed by atoms with Crippen molar-refractivity contribution >= 4 is 0 Å². The van der Waals surface area contributed by atoms with Crippen molar-refractivity contribution < 1.29 is 0 Å². The number of hydrazine groups is 1. The Kier molecular flexibility index (Phi) is 2.35. The van der Waals surface area contributed by atoms with Gasteiger partial charge in [0.05, 0.1) is 0 Å². The minimum atomic E-state index is 0.512. The minimum absolute atomic E-state index is 0.512. The second-order valence-electron chi connectivity index (χ2n) is 2.98. The van der Waals surface area contributed by atoms with Crippen LogP contribution >= 0.6 is 0 Å². The summed E-state index contributed by atoms with van der Waals surface area (Å²) in [5, 5.41) is 4.44. The van der Waals surface area contributed by atoms with Gasteiger partial charge >= 0.3 is 0 Å². The first-order valence-electron chi connectivity index (χ1n) is 3.96. The third kappa shape index (κ3) is 1.46. The Bertz CT molecular complexity index is 184. The molecule has 0 saturated carbocycles. The van der Waals surface area contributed by atoms with Crippen LogP contribution in [0, 0.1) is 0 Å². The van der Waals surface area contributed by atoms with Crippen molar-refractivity contribution in [3.8, 4) is 0 Å². The van der Waals surface area contributed by atoms with Gasteiger partial charge in [-0.2, -0.15) is 0 Å². The minimum Gasteiger partial charge on any atom is -0.313 e. The second-order valence-corrected chi connectivity index (χ2v) is 2.98. The molecule has 1 aliphatic rings. The largest absolute Gasteiger partial charge is 0.313 e. The van der Waals surface area contributed by atoms with Gasteiger partial charge in [0.25, 0.3) is 0 Å². The van der Waals surface area contributed by atoms with Gasteiger partial charge in [-0.3, -0.25) is 0 Å². The standard InChI is InChI=1S/C9H16N2/c1-5-6-11-9(3)7-8(2)10(11)4/h5,7,9H,1,6H2,2-4H3. The topological polar surface area (TPSA) is 6.48 Å². The van der Waals surface area contributed by atoms with Gasteiger partial charge in [-0.25, -0.2) is 5.01 Å². The maximum absolute atomic E-state index is 3.73. The fraction of sp³-hybridized carbons (Fsp3) is 0.556. The SMILES string of the molecule is C=CCN1C(C)C=C(C)N1C. The summed E-state index contributed by atoms with van der Waals surface area (Å²) in [4.78, 5) is 0. The van der Waals surface area contributed by atoms with Crippen molar-refractivity contribution in [3.63, 3.8) is 0 Å². The van der Waals surface area contributed by atoms with Gasteiger partial charge in [-0.15, -0.1) is 6.58 Å². The molecule has 0 spiro atoms. The lowest BCUT2D eigenvalue weighted by molar-refractivity contribution is 0.0504. The molecule has 0 aromatic rings. The molecule has 1 heterocycles. The van der Waals surface area contributed by atoms with Gasteiger partial charge < -0.3 is 5.01 Å². The van der Waals surface area contributed by atoms with Crippen molar-refractivity contribution in [3.05, 3.63) is 24.4 Å². The summed E-state index contributed by atoms with van der Waals surface area (Å²) in [6, 6.07) is 0.512. The Hall–Kier alpha value is -0.760. The summed E-state index contributed by atoms with van der Waals surface area (Å²) < 4.78 is 0. The molecule has 1 rings (SSSR count). The molecule has 1 unspecified atom stereocenters. The van der Waals surface area contributed by atoms with Gasteiger partial charge in [0, 0.05) is 25.3 Å². The first-order chi connectivity index (χ1) is 5.16. The Balaban J connectivity index is 2.63. The maximum atomic E-state index is 3.73. The van der Waals surface area contributed by atoms with Crippen LogP contribution in [0.4, 0.5) is 0 Å². The summed E-state index contributed by atoms with van der Waals surface area (Å²) in [6.07, 6.45) is 4.18. The zero-order valence-electron chi connectivity index (χ0n) is 7.54. The molecule has 1 aliphatic heterocycles. The number of hydrogen-bond donors (Lipinski definition) is 0. The Labute approximate surface area is 68.8 Å². The number of allylic oxidation sites excluding steroid dienone is 1. The van der Waals surface area contributed by atoms with E-state index in [4.69, 9.17) is 0 Å². The average molecular weight is 152 g/mol. The highest BCUT2D eigenvalue weighted by Gasteiger charge is 2.21. The van der Waals surface area contributed by atoms with E-state index < -0.39 is 0 Å². The van der Waals surface area contributed by atoms with Crippen LogP contribution in [0.25, 0.3) is 0 Å². The van der Waals surface area contributed by atoms with E-state index >= 15 is 0 Å². The molecular formula is C9H16N2. The molecule has 0 fully saturated rings. The highest BCUT2D eigenvalue weighted by Crippen LogP contribution is 2.18. The quantitative estimate of drug-likeness (QED) is 0.555. The van der Waals surface area contributed by atoms with Gasteiger partial charge in [-0.1, -0.05) is 6.08 Å². The van der Waals surface area contributed by atoms with Crippen LogP contribution in [0.3, 0.4) is 0 Å². The van der Waals surface area contributed by atoms with Crippen molar-refractivity contribution in [1.29, 1.82) is 0 Å². The average Bonchev–Trinajstić information content (AvgIpc) is 2.17. The number of rotatable bonds is 2. The highest BCUT2D eigenvalue weighted by molar-refractivity contribution is 5.08. The lowest BCUT2D eigenvalue weighted by Crippen LogP contribution is -2.38. The predicted molar refractivity (Wildman–Crippen MR) is 47.9 cm³/mol. The van der Waals surface area contributed by atoms with Gasteiger partial charge in [0.15, 0.2) is 0 Å². The normalized spacial score (nSPS) is 25.5. The predicted octanol–water partition coefficient (Wildman–Crippen LogP) is 1.63. The van der Waals surface area contributed by atoms with E-state index in [0.29, 0.717) is 6.04 Å². The molecule has 1 atom stereocenters. The summed E-state index contributed by atoms with van der Waals surface area (Å²) in [5.41, 5.74) is 1.32. The smallest absolute Gasteiger partial charge is 0.0468 e. The van der Waals surface area contributed by atoms with E-state index in [2.05, 4.69) is 43.6 Å². The fourth-order valence-corrected chi connectivity index (χ4v) is 1.44. The van der Waals surface area contributed by atoms with E-state index in [0.717, 1.165) is 6.54 Å². The second kappa shape index (κ2) is 3.09. The van der Waals surface area contributed by atoms with Crippen molar-refractivity contribution in [1.82, 2.24) is 10.0 Å². The molecule has 0 aromatic heterocycles. The van der Waals surface area contributed by atoms with Crippen molar-refractivity contribution in [2.45, 2.75) is 19.9 Å². The third-order valence-electron chi connectivity index (χ3n) is 2.16. The van der Waals surface area contributed by atoms with E-state index in [-0.39, 0.29) is 0 Å². The van der Waals surface area contributed by atoms with Gasteiger partial charge in [-0.05, 0) is 19.9 Å². The van der Waals surface area contributed by atoms with E-state index in [9.17, 15) is 0 Å². The summed E-state index contributed by atoms with van der Waals surface area (Å²) >= 11 is 0. The number of nitrogens with zero attached hydrogens (tertiary/aromatic N) is 2. The van der Waals surface area contributed by atoms with Crippen LogP contribution in [0.15, 0.2) is 24.4 Å². The van der Waals surface area contributed by atoms with Crippen LogP contribution in [-0.4, -0.2) is 29.7 Å². The number of hydrogen-bond acceptors (Lipinski definition) is 2. The molecule has 11 heavy (non-hydrogen) atoms. The van der Waals surface area contributed by atoms with Crippen molar-refractivity contribution in [2.24, 2.45) is 0 Å². The monoisotopic (exact) mass is 152 g/mol. The Morgan fingerprint density at radius 1 is 1.73 bits per heavy atom. The van der Waals surface area contributed by atoms with E-state index in [1.165, 1.54) is 5.70 Å². The molecule has 0 aliphatic carbocycles. The summed E-state index contributed by atoms with van der Waals surface area (Å²) in [7, 11) is 2.08. The van der Waals surface area contributed by atoms with Crippen LogP contribution in [0.1, 0.15) is 13.8 Å². The molecule has 0 aromatic carbocycles. The van der Waals surface area contributed by atoms with Gasteiger partial charge in [0.2, 0.25) is 0 Å². The van der Waals surface area contributed by atoms with Crippen LogP contribution in [0.5, 0.6) is 0 Å². The molecule has 2 nitrogen and oxygen atoms in total. The Morgan fingerprint density at radius 2 is 2.36 bits per heavy atom. The lowest BCUT2D eigenvalue weighted by Gasteiger charge is -2.29. The maximum Gasteiger partial charge on any atom is 0.0468 e. The van der Waals surface area contributed by atoms with E-state index in [1.54, 1.807) is 0 Å². The molecule has 0 bridgehead atoms. The van der Waals surface area contributed by atoms with Crippen molar-refractivity contribution in [2.75, 3.05) is 13.6 Å². The zero-order chi connectivity index (χ0) is 8.43. The zero-order valence-corrected chi connectivity index (χ0v) is 7.54. The van der Waals surface area contributed by atoms with E-state index in [1.807, 2.05) is 6.08 Å². The first kappa shape index (κ1) is 8.34. The summed E-state index contributed by atoms with van der Waals surface area (Å²) in [6.45, 7) is 8.96. The molecule has 2 heteroatoms. The van der Waals surface area contributed by atoms with Crippen LogP contribution in [0.2, 0.25) is 0 Å². The molecule has 0 saturated heterocycles. The molecule has 0 amide bonds. The molecule has 0 N–H and O–H groups in total. The fourth-order valence-electron chi connectivity index (χ4n) is 1.44. The Morgan fingerprint density at radius 3 is 2.73 bits per heavy atom. The molecular weight excluding hydrogens is 136 g/mol. The summed E-state index contributed by atoms with van der Waals surface area (Å²) in [5.74, 6) is 0. The highest BCUT2D eigenvalue weighted by atomic mass is 15.6.